The number of nitrogens with one attached hydrogen (secondary N) is 1. The molecule has 7 heteroatoms. The average Bonchev–Trinajstić information content (AvgIpc) is 2.21. The Bertz CT molecular complexity index is 226. The van der Waals surface area contributed by atoms with Gasteiger partial charge in [-0.25, -0.2) is 4.39 Å². The summed E-state index contributed by atoms with van der Waals surface area (Å²) in [6.45, 7) is -0.156. The minimum atomic E-state index is -0.925. The third-order valence-electron chi connectivity index (χ3n) is 1.67. The third kappa shape index (κ3) is 7.15. The van der Waals surface area contributed by atoms with E-state index in [1.165, 1.54) is 0 Å². The fourth-order valence-corrected chi connectivity index (χ4v) is 1.18. The second-order valence-electron chi connectivity index (χ2n) is 2.86. The first-order chi connectivity index (χ1) is 7.11. The summed E-state index contributed by atoms with van der Waals surface area (Å²) in [5, 5.41) is 11.5. The topological polar surface area (TPSA) is 87.7 Å². The van der Waals surface area contributed by atoms with E-state index < -0.39 is 18.7 Å². The van der Waals surface area contributed by atoms with E-state index in [0.717, 1.165) is 0 Å². The number of amidine groups is 1. The van der Waals surface area contributed by atoms with Crippen molar-refractivity contribution >= 4 is 24.4 Å². The van der Waals surface area contributed by atoms with Crippen molar-refractivity contribution in [3.8, 4) is 0 Å². The van der Waals surface area contributed by atoms with Gasteiger partial charge in [-0.05, 0) is 12.2 Å². The fourth-order valence-electron chi connectivity index (χ4n) is 0.922. The summed E-state index contributed by atoms with van der Waals surface area (Å²) in [6, 6.07) is -0.635. The van der Waals surface area contributed by atoms with E-state index >= 15 is 0 Å². The molecule has 88 valence electrons. The van der Waals surface area contributed by atoms with Crippen LogP contribution in [-0.2, 0) is 4.79 Å². The van der Waals surface area contributed by atoms with Gasteiger partial charge >= 0.3 is 5.97 Å². The van der Waals surface area contributed by atoms with Crippen LogP contribution in [0.2, 0.25) is 0 Å². The predicted octanol–water partition coefficient (Wildman–Crippen LogP) is -0.324. The molecule has 0 aromatic rings. The van der Waals surface area contributed by atoms with Crippen molar-refractivity contribution in [1.82, 2.24) is 5.32 Å². The van der Waals surface area contributed by atoms with Crippen molar-refractivity contribution in [2.24, 2.45) is 10.7 Å². The molecule has 0 fully saturated rings. The zero-order chi connectivity index (χ0) is 11.7. The van der Waals surface area contributed by atoms with Crippen molar-refractivity contribution in [3.05, 3.63) is 0 Å². The molecule has 1 unspecified atom stereocenters. The highest BCUT2D eigenvalue weighted by molar-refractivity contribution is 7.80. The zero-order valence-corrected chi connectivity index (χ0v) is 9.21. The number of aliphatic carboxylic acids is 1. The van der Waals surface area contributed by atoms with Crippen LogP contribution in [0.4, 0.5) is 4.39 Å². The zero-order valence-electron chi connectivity index (χ0n) is 8.32. The quantitative estimate of drug-likeness (QED) is 0.202. The fraction of sp³-hybridized carbons (Fsp3) is 0.750. The summed E-state index contributed by atoms with van der Waals surface area (Å²) in [5.74, 6) is -0.510. The Labute approximate surface area is 93.4 Å². The second-order valence-corrected chi connectivity index (χ2v) is 3.31. The Morgan fingerprint density at radius 1 is 1.67 bits per heavy atom. The van der Waals surface area contributed by atoms with Crippen molar-refractivity contribution in [1.29, 1.82) is 0 Å². The summed E-state index contributed by atoms with van der Waals surface area (Å²) >= 11 is 3.95. The van der Waals surface area contributed by atoms with Crippen LogP contribution in [-0.4, -0.2) is 48.5 Å². The monoisotopic (exact) mass is 237 g/mol. The molecular formula is C8H16FN3O2S. The molecule has 5 nitrogen and oxygen atoms in total. The van der Waals surface area contributed by atoms with Crippen molar-refractivity contribution < 1.29 is 14.3 Å². The lowest BCUT2D eigenvalue weighted by Crippen LogP contribution is -2.38. The molecule has 0 spiro atoms. The maximum absolute atomic E-state index is 11.8. The smallest absolute Gasteiger partial charge is 0.320 e. The molecule has 15 heavy (non-hydrogen) atoms. The number of hydrogen-bond donors (Lipinski definition) is 4. The Morgan fingerprint density at radius 2 is 2.33 bits per heavy atom. The number of carboxylic acid groups (broad SMARTS) is 1. The standard InChI is InChI=1S/C8H16FN3O2S/c9-5-7(10)12-3-2-11-6(1-4-15)8(13)14/h6,11,15H,1-5H2,(H2,10,12)(H,13,14). The number of aliphatic imine (C=N–C) groups is 1. The van der Waals surface area contributed by atoms with Crippen LogP contribution in [0, 0.1) is 0 Å². The van der Waals surface area contributed by atoms with Gasteiger partial charge < -0.3 is 16.2 Å². The minimum Gasteiger partial charge on any atom is -0.480 e. The number of carbonyl (C=O) groups is 1. The summed E-state index contributed by atoms with van der Waals surface area (Å²) in [7, 11) is 0. The number of nitrogens with two attached hydrogens (primary N) is 1. The first-order valence-electron chi connectivity index (χ1n) is 4.53. The van der Waals surface area contributed by atoms with Crippen LogP contribution in [0.3, 0.4) is 0 Å². The highest BCUT2D eigenvalue weighted by Gasteiger charge is 2.14. The Kier molecular flexibility index (Phi) is 8.02. The number of nitrogens with zero attached hydrogens (tertiary/aromatic N) is 1. The normalized spacial score (nSPS) is 13.9. The molecule has 0 aliphatic rings. The summed E-state index contributed by atoms with van der Waals surface area (Å²) < 4.78 is 11.8. The van der Waals surface area contributed by atoms with Gasteiger partial charge in [0.15, 0.2) is 0 Å². The second kappa shape index (κ2) is 8.49. The van der Waals surface area contributed by atoms with E-state index in [-0.39, 0.29) is 12.4 Å². The van der Waals surface area contributed by atoms with Crippen molar-refractivity contribution in [2.75, 3.05) is 25.5 Å². The number of thiol groups is 1. The van der Waals surface area contributed by atoms with E-state index in [1.54, 1.807) is 0 Å². The molecule has 0 aromatic carbocycles. The van der Waals surface area contributed by atoms with E-state index in [1.807, 2.05) is 0 Å². The predicted molar refractivity (Wildman–Crippen MR) is 60.4 cm³/mol. The number of alkyl halides is 1. The van der Waals surface area contributed by atoms with Gasteiger partial charge in [0.1, 0.15) is 18.6 Å². The van der Waals surface area contributed by atoms with Gasteiger partial charge in [0, 0.05) is 6.54 Å². The SMILES string of the molecule is NC(CF)=NCCNC(CCS)C(=O)O. The summed E-state index contributed by atoms with van der Waals surface area (Å²) in [6.07, 6.45) is 0.431. The van der Waals surface area contributed by atoms with Crippen LogP contribution in [0.15, 0.2) is 4.99 Å². The van der Waals surface area contributed by atoms with E-state index in [0.29, 0.717) is 18.7 Å². The molecule has 0 saturated heterocycles. The molecule has 0 amide bonds. The number of halogens is 1. The molecule has 0 heterocycles. The molecule has 0 radical (unpaired) electrons. The molecule has 4 N–H and O–H groups in total. The number of carboxylic acids is 1. The Balaban J connectivity index is 3.76. The molecule has 0 saturated carbocycles. The third-order valence-corrected chi connectivity index (χ3v) is 1.93. The van der Waals surface area contributed by atoms with E-state index in [4.69, 9.17) is 10.8 Å². The average molecular weight is 237 g/mol. The lowest BCUT2D eigenvalue weighted by atomic mass is 10.2. The first kappa shape index (κ1) is 14.2. The van der Waals surface area contributed by atoms with Gasteiger partial charge in [-0.15, -0.1) is 0 Å². The van der Waals surface area contributed by atoms with Gasteiger partial charge in [0.2, 0.25) is 0 Å². The van der Waals surface area contributed by atoms with E-state index in [9.17, 15) is 9.18 Å². The van der Waals surface area contributed by atoms with Crippen LogP contribution >= 0.6 is 12.6 Å². The van der Waals surface area contributed by atoms with Gasteiger partial charge in [-0.3, -0.25) is 9.79 Å². The van der Waals surface area contributed by atoms with Gasteiger partial charge in [-0.1, -0.05) is 0 Å². The first-order valence-corrected chi connectivity index (χ1v) is 5.16. The van der Waals surface area contributed by atoms with Crippen molar-refractivity contribution in [2.45, 2.75) is 12.5 Å². The van der Waals surface area contributed by atoms with Crippen LogP contribution < -0.4 is 11.1 Å². The van der Waals surface area contributed by atoms with Gasteiger partial charge in [0.05, 0.1) is 6.54 Å². The summed E-state index contributed by atoms with van der Waals surface area (Å²) in [5.41, 5.74) is 5.13. The number of hydrogen-bond acceptors (Lipinski definition) is 4. The van der Waals surface area contributed by atoms with Crippen molar-refractivity contribution in [3.63, 3.8) is 0 Å². The minimum absolute atomic E-state index is 0.0714. The lowest BCUT2D eigenvalue weighted by Gasteiger charge is -2.11. The maximum atomic E-state index is 11.8. The van der Waals surface area contributed by atoms with Crippen LogP contribution in [0.25, 0.3) is 0 Å². The maximum Gasteiger partial charge on any atom is 0.320 e. The molecule has 0 aliphatic heterocycles. The van der Waals surface area contributed by atoms with E-state index in [2.05, 4.69) is 22.9 Å². The van der Waals surface area contributed by atoms with Crippen LogP contribution in [0.5, 0.6) is 0 Å². The van der Waals surface area contributed by atoms with Gasteiger partial charge in [0.25, 0.3) is 0 Å². The molecular weight excluding hydrogens is 221 g/mol. The highest BCUT2D eigenvalue weighted by Crippen LogP contribution is 1.94. The molecule has 0 aliphatic carbocycles. The van der Waals surface area contributed by atoms with Gasteiger partial charge in [-0.2, -0.15) is 12.6 Å². The number of rotatable bonds is 8. The molecule has 0 aromatic heterocycles. The summed E-state index contributed by atoms with van der Waals surface area (Å²) in [4.78, 5) is 14.3. The van der Waals surface area contributed by atoms with Crippen LogP contribution in [0.1, 0.15) is 6.42 Å². The molecule has 1 atom stereocenters. The molecule has 0 bridgehead atoms. The largest absolute Gasteiger partial charge is 0.480 e. The highest BCUT2D eigenvalue weighted by atomic mass is 32.1. The lowest BCUT2D eigenvalue weighted by molar-refractivity contribution is -0.139. The molecule has 0 rings (SSSR count). The Hall–Kier alpha value is -0.820. The Morgan fingerprint density at radius 3 is 2.80 bits per heavy atom.